The summed E-state index contributed by atoms with van der Waals surface area (Å²) in [6.45, 7) is 11.5. The third-order valence-electron chi connectivity index (χ3n) is 2.94. The van der Waals surface area contributed by atoms with Crippen molar-refractivity contribution < 1.29 is 4.79 Å². The van der Waals surface area contributed by atoms with Crippen LogP contribution >= 0.6 is 0 Å². The highest BCUT2D eigenvalue weighted by molar-refractivity contribution is 5.74. The molecule has 3 nitrogen and oxygen atoms in total. The fourth-order valence-electron chi connectivity index (χ4n) is 1.90. The summed E-state index contributed by atoms with van der Waals surface area (Å²) in [5, 5.41) is 2.96. The zero-order valence-electron chi connectivity index (χ0n) is 12.1. The van der Waals surface area contributed by atoms with Crippen molar-refractivity contribution in [2.24, 2.45) is 0 Å². The average molecular weight is 248 g/mol. The summed E-state index contributed by atoms with van der Waals surface area (Å²) < 4.78 is 0. The first kappa shape index (κ1) is 14.6. The smallest absolute Gasteiger partial charge is 0.318 e. The van der Waals surface area contributed by atoms with Gasteiger partial charge >= 0.3 is 6.03 Å². The summed E-state index contributed by atoms with van der Waals surface area (Å²) in [6, 6.07) is 8.20. The Morgan fingerprint density at radius 1 is 1.22 bits per heavy atom. The van der Waals surface area contributed by atoms with Gasteiger partial charge in [-0.2, -0.15) is 0 Å². The van der Waals surface area contributed by atoms with Gasteiger partial charge in [0.2, 0.25) is 0 Å². The molecule has 1 rings (SSSR count). The Bertz CT molecular complexity index is 390. The van der Waals surface area contributed by atoms with Crippen molar-refractivity contribution in [3.63, 3.8) is 0 Å². The molecule has 0 aliphatic carbocycles. The maximum Gasteiger partial charge on any atom is 0.318 e. The second kappa shape index (κ2) is 5.89. The fraction of sp³-hybridized carbons (Fsp3) is 0.533. The fourth-order valence-corrected chi connectivity index (χ4v) is 1.90. The van der Waals surface area contributed by atoms with Crippen LogP contribution < -0.4 is 5.32 Å². The average Bonchev–Trinajstić information content (AvgIpc) is 2.27. The maximum absolute atomic E-state index is 12.1. The van der Waals surface area contributed by atoms with Gasteiger partial charge < -0.3 is 10.2 Å². The zero-order valence-corrected chi connectivity index (χ0v) is 12.1. The summed E-state index contributed by atoms with van der Waals surface area (Å²) >= 11 is 0. The van der Waals surface area contributed by atoms with Crippen molar-refractivity contribution in [2.75, 3.05) is 6.54 Å². The van der Waals surface area contributed by atoms with Crippen LogP contribution in [0.1, 0.15) is 38.8 Å². The Hall–Kier alpha value is -1.51. The molecule has 0 aromatic heterocycles. The van der Waals surface area contributed by atoms with E-state index < -0.39 is 0 Å². The highest BCUT2D eigenvalue weighted by atomic mass is 16.2. The predicted molar refractivity (Wildman–Crippen MR) is 75.5 cm³/mol. The first-order chi connectivity index (χ1) is 8.34. The number of rotatable bonds is 3. The number of nitrogens with zero attached hydrogens (tertiary/aromatic N) is 1. The molecule has 0 spiro atoms. The molecule has 0 atom stereocenters. The van der Waals surface area contributed by atoms with Crippen LogP contribution in [0.2, 0.25) is 0 Å². The molecule has 0 fully saturated rings. The molecule has 0 bridgehead atoms. The number of urea groups is 1. The molecule has 0 saturated carbocycles. The van der Waals surface area contributed by atoms with Crippen molar-refractivity contribution in [3.8, 4) is 0 Å². The second-order valence-corrected chi connectivity index (χ2v) is 5.56. The van der Waals surface area contributed by atoms with E-state index >= 15 is 0 Å². The van der Waals surface area contributed by atoms with Crippen LogP contribution in [0.3, 0.4) is 0 Å². The summed E-state index contributed by atoms with van der Waals surface area (Å²) in [4.78, 5) is 13.9. The summed E-state index contributed by atoms with van der Waals surface area (Å²) in [6.07, 6.45) is 0. The lowest BCUT2D eigenvalue weighted by molar-refractivity contribution is 0.149. The second-order valence-electron chi connectivity index (χ2n) is 5.56. The highest BCUT2D eigenvalue weighted by Gasteiger charge is 2.24. The third-order valence-corrected chi connectivity index (χ3v) is 2.94. The van der Waals surface area contributed by atoms with Crippen LogP contribution in [0, 0.1) is 6.92 Å². The van der Waals surface area contributed by atoms with Crippen LogP contribution in [0.5, 0.6) is 0 Å². The lowest BCUT2D eigenvalue weighted by Gasteiger charge is -2.34. The minimum absolute atomic E-state index is 0.00873. The summed E-state index contributed by atoms with van der Waals surface area (Å²) in [7, 11) is 0. The van der Waals surface area contributed by atoms with Crippen LogP contribution in [0.4, 0.5) is 4.79 Å². The van der Waals surface area contributed by atoms with E-state index in [0.717, 1.165) is 5.56 Å². The Labute approximate surface area is 110 Å². The van der Waals surface area contributed by atoms with E-state index in [4.69, 9.17) is 0 Å². The van der Waals surface area contributed by atoms with E-state index in [2.05, 4.69) is 24.4 Å². The van der Waals surface area contributed by atoms with E-state index in [-0.39, 0.29) is 11.6 Å². The number of benzene rings is 1. The van der Waals surface area contributed by atoms with Crippen molar-refractivity contribution in [1.82, 2.24) is 10.2 Å². The molecule has 100 valence electrons. The normalized spacial score (nSPS) is 11.2. The van der Waals surface area contributed by atoms with Gasteiger partial charge in [0.15, 0.2) is 0 Å². The Morgan fingerprint density at radius 3 is 2.22 bits per heavy atom. The van der Waals surface area contributed by atoms with Gasteiger partial charge in [-0.05, 0) is 40.2 Å². The summed E-state index contributed by atoms with van der Waals surface area (Å²) in [5.41, 5.74) is 2.21. The van der Waals surface area contributed by atoms with Gasteiger partial charge in [0.05, 0.1) is 0 Å². The van der Waals surface area contributed by atoms with E-state index in [1.54, 1.807) is 0 Å². The van der Waals surface area contributed by atoms with Crippen LogP contribution in [-0.2, 0) is 6.54 Å². The molecule has 1 aromatic rings. The van der Waals surface area contributed by atoms with E-state index in [9.17, 15) is 4.79 Å². The van der Waals surface area contributed by atoms with Gasteiger partial charge in [-0.3, -0.25) is 0 Å². The highest BCUT2D eigenvalue weighted by Crippen LogP contribution is 2.13. The maximum atomic E-state index is 12.1. The van der Waals surface area contributed by atoms with Crippen molar-refractivity contribution in [2.45, 2.75) is 46.7 Å². The first-order valence-corrected chi connectivity index (χ1v) is 6.45. The molecule has 3 heteroatoms. The summed E-state index contributed by atoms with van der Waals surface area (Å²) in [5.74, 6) is 0. The Kier molecular flexibility index (Phi) is 4.76. The van der Waals surface area contributed by atoms with Gasteiger partial charge in [-0.1, -0.05) is 29.8 Å². The number of nitrogens with one attached hydrogen (secondary N) is 1. The minimum atomic E-state index is -0.147. The van der Waals surface area contributed by atoms with Crippen LogP contribution in [-0.4, -0.2) is 23.0 Å². The first-order valence-electron chi connectivity index (χ1n) is 6.45. The minimum Gasteiger partial charge on any atom is -0.334 e. The monoisotopic (exact) mass is 248 g/mol. The lowest BCUT2D eigenvalue weighted by Crippen LogP contribution is -2.49. The molecular weight excluding hydrogens is 224 g/mol. The predicted octanol–water partition coefficient (Wildman–Crippen LogP) is 3.33. The van der Waals surface area contributed by atoms with Crippen molar-refractivity contribution >= 4 is 6.03 Å². The Balaban J connectivity index is 2.57. The van der Waals surface area contributed by atoms with Gasteiger partial charge in [0.1, 0.15) is 0 Å². The standard InChI is InChI=1S/C15H24N2O/c1-6-17(15(3,4)5)14(18)16-11-13-9-7-12(2)8-10-13/h7-10H,6,11H2,1-5H3,(H,16,18). The van der Waals surface area contributed by atoms with Crippen LogP contribution in [0.15, 0.2) is 24.3 Å². The topological polar surface area (TPSA) is 32.3 Å². The number of aryl methyl sites for hydroxylation is 1. The van der Waals surface area contributed by atoms with E-state index in [1.165, 1.54) is 5.56 Å². The molecule has 1 aromatic carbocycles. The van der Waals surface area contributed by atoms with Gasteiger partial charge in [0.25, 0.3) is 0 Å². The molecular formula is C15H24N2O. The molecule has 2 amide bonds. The Morgan fingerprint density at radius 2 is 1.78 bits per heavy atom. The molecule has 0 unspecified atom stereocenters. The molecule has 0 heterocycles. The molecule has 0 aliphatic rings. The molecule has 18 heavy (non-hydrogen) atoms. The largest absolute Gasteiger partial charge is 0.334 e. The number of hydrogen-bond donors (Lipinski definition) is 1. The molecule has 0 radical (unpaired) electrons. The number of carbonyl (C=O) groups excluding carboxylic acids is 1. The van der Waals surface area contributed by atoms with E-state index in [0.29, 0.717) is 13.1 Å². The quantitative estimate of drug-likeness (QED) is 0.874. The van der Waals surface area contributed by atoms with Gasteiger partial charge in [-0.25, -0.2) is 4.79 Å². The van der Waals surface area contributed by atoms with Crippen LogP contribution in [0.25, 0.3) is 0 Å². The van der Waals surface area contributed by atoms with Gasteiger partial charge in [-0.15, -0.1) is 0 Å². The number of carbonyl (C=O) groups is 1. The number of amides is 2. The lowest BCUT2D eigenvalue weighted by atomic mass is 10.1. The third kappa shape index (κ3) is 4.06. The van der Waals surface area contributed by atoms with Crippen molar-refractivity contribution in [1.29, 1.82) is 0 Å². The SMILES string of the molecule is CCN(C(=O)NCc1ccc(C)cc1)C(C)(C)C. The molecule has 0 aliphatic heterocycles. The zero-order chi connectivity index (χ0) is 13.8. The number of hydrogen-bond acceptors (Lipinski definition) is 1. The van der Waals surface area contributed by atoms with Gasteiger partial charge in [0, 0.05) is 18.6 Å². The van der Waals surface area contributed by atoms with E-state index in [1.807, 2.05) is 44.7 Å². The van der Waals surface area contributed by atoms with Crippen molar-refractivity contribution in [3.05, 3.63) is 35.4 Å². The molecule has 1 N–H and O–H groups in total. The molecule has 0 saturated heterocycles.